The van der Waals surface area contributed by atoms with Crippen LogP contribution < -0.4 is 15.4 Å². The fourth-order valence-electron chi connectivity index (χ4n) is 6.92. The number of aliphatic hydroxyl groups excluding tert-OH is 1. The van der Waals surface area contributed by atoms with Gasteiger partial charge < -0.3 is 30.1 Å². The van der Waals surface area contributed by atoms with Crippen LogP contribution in [0.1, 0.15) is 55.8 Å². The molecule has 0 radical (unpaired) electrons. The lowest BCUT2D eigenvalue weighted by Crippen LogP contribution is -2.54. The van der Waals surface area contributed by atoms with Gasteiger partial charge in [0.2, 0.25) is 11.8 Å². The summed E-state index contributed by atoms with van der Waals surface area (Å²) in [6.45, 7) is 3.98. The topological polar surface area (TPSA) is 133 Å². The van der Waals surface area contributed by atoms with Crippen molar-refractivity contribution in [1.82, 2.24) is 25.4 Å². The molecule has 11 heteroatoms. The lowest BCUT2D eigenvalue weighted by Gasteiger charge is -2.39. The van der Waals surface area contributed by atoms with Crippen molar-refractivity contribution >= 4 is 17.7 Å². The van der Waals surface area contributed by atoms with E-state index in [-0.39, 0.29) is 42.5 Å². The zero-order valence-corrected chi connectivity index (χ0v) is 24.6. The first-order chi connectivity index (χ1) is 20.9. The number of aliphatic hydroxyl groups is 1. The highest BCUT2D eigenvalue weighted by Gasteiger charge is 2.42. The zero-order valence-electron chi connectivity index (χ0n) is 24.6. The smallest absolute Gasteiger partial charge is 0.255 e. The van der Waals surface area contributed by atoms with Crippen LogP contribution in [-0.4, -0.2) is 107 Å². The Morgan fingerprint density at radius 2 is 1.81 bits per heavy atom. The highest BCUT2D eigenvalue weighted by molar-refractivity contribution is 5.98. The van der Waals surface area contributed by atoms with E-state index in [1.807, 2.05) is 29.2 Å². The second kappa shape index (κ2) is 13.0. The number of amides is 3. The molecule has 3 amide bonds. The molecule has 6 rings (SSSR count). The minimum atomic E-state index is -0.650. The molecule has 1 aromatic carbocycles. The molecule has 1 aromatic heterocycles. The van der Waals surface area contributed by atoms with E-state index < -0.39 is 18.2 Å². The van der Waals surface area contributed by atoms with Crippen molar-refractivity contribution in [3.63, 3.8) is 0 Å². The number of hydrogen-bond acceptors (Lipinski definition) is 8. The SMILES string of the molecule is CC(=O)N1CCC(N2C[C@@H]3C[C@H]2C(=O)NC[C@H]2O[C@H](CCOc4cc(-c5ccncc5)ccc4C(=O)N3)CC[C@@H]2O)CC1. The minimum Gasteiger partial charge on any atom is -0.493 e. The summed E-state index contributed by atoms with van der Waals surface area (Å²) < 4.78 is 12.5. The van der Waals surface area contributed by atoms with Crippen molar-refractivity contribution in [2.75, 3.05) is 32.8 Å². The average molecular weight is 592 g/mol. The van der Waals surface area contributed by atoms with Crippen LogP contribution in [0.15, 0.2) is 42.7 Å². The molecule has 0 unspecified atom stereocenters. The third-order valence-electron chi connectivity index (χ3n) is 9.35. The van der Waals surface area contributed by atoms with Gasteiger partial charge in [0.15, 0.2) is 0 Å². The van der Waals surface area contributed by atoms with Gasteiger partial charge in [-0.2, -0.15) is 0 Å². The van der Waals surface area contributed by atoms with E-state index in [9.17, 15) is 19.5 Å². The van der Waals surface area contributed by atoms with Gasteiger partial charge in [0.05, 0.1) is 30.4 Å². The van der Waals surface area contributed by atoms with E-state index in [1.165, 1.54) is 0 Å². The maximum absolute atomic E-state index is 13.7. The summed E-state index contributed by atoms with van der Waals surface area (Å²) in [7, 11) is 0. The Morgan fingerprint density at radius 1 is 1.02 bits per heavy atom. The Kier molecular flexibility index (Phi) is 8.92. The summed E-state index contributed by atoms with van der Waals surface area (Å²) in [5, 5.41) is 16.9. The number of hydrogen-bond donors (Lipinski definition) is 3. The maximum atomic E-state index is 13.7. The van der Waals surface area contributed by atoms with Gasteiger partial charge in [0, 0.05) is 64.0 Å². The van der Waals surface area contributed by atoms with Gasteiger partial charge >= 0.3 is 0 Å². The fraction of sp³-hybridized carbons (Fsp3) is 0.562. The number of carbonyl (C=O) groups is 3. The van der Waals surface area contributed by atoms with E-state index in [0.29, 0.717) is 63.2 Å². The van der Waals surface area contributed by atoms with Crippen LogP contribution in [0.5, 0.6) is 5.75 Å². The molecular formula is C32H41N5O6. The highest BCUT2D eigenvalue weighted by atomic mass is 16.5. The van der Waals surface area contributed by atoms with Crippen LogP contribution in [0.4, 0.5) is 0 Å². The quantitative estimate of drug-likeness (QED) is 0.481. The Labute approximate surface area is 251 Å². The van der Waals surface area contributed by atoms with Gasteiger partial charge in [0.1, 0.15) is 11.9 Å². The summed E-state index contributed by atoms with van der Waals surface area (Å²) >= 11 is 0. The molecule has 3 fully saturated rings. The molecule has 43 heavy (non-hydrogen) atoms. The maximum Gasteiger partial charge on any atom is 0.255 e. The number of fused-ring (bicyclic) bond motifs is 5. The van der Waals surface area contributed by atoms with Crippen LogP contribution >= 0.6 is 0 Å². The largest absolute Gasteiger partial charge is 0.493 e. The number of piperidine rings is 1. The number of likely N-dealkylation sites (tertiary alicyclic amines) is 2. The molecule has 4 aliphatic heterocycles. The summed E-state index contributed by atoms with van der Waals surface area (Å²) in [5.74, 6) is 0.195. The van der Waals surface area contributed by atoms with Crippen molar-refractivity contribution < 1.29 is 29.0 Å². The molecule has 4 aliphatic rings. The normalized spacial score (nSPS) is 29.3. The van der Waals surface area contributed by atoms with Crippen molar-refractivity contribution in [2.45, 2.75) is 81.9 Å². The summed E-state index contributed by atoms with van der Waals surface area (Å²) in [6, 6.07) is 8.86. The van der Waals surface area contributed by atoms with Crippen LogP contribution in [0.2, 0.25) is 0 Å². The van der Waals surface area contributed by atoms with Crippen molar-refractivity contribution in [2.24, 2.45) is 0 Å². The van der Waals surface area contributed by atoms with Crippen molar-refractivity contribution in [3.8, 4) is 16.9 Å². The van der Waals surface area contributed by atoms with Crippen molar-refractivity contribution in [3.05, 3.63) is 48.3 Å². The summed E-state index contributed by atoms with van der Waals surface area (Å²) in [6.07, 6.45) is 6.06. The summed E-state index contributed by atoms with van der Waals surface area (Å²) in [4.78, 5) is 47.4. The predicted molar refractivity (Wildman–Crippen MR) is 158 cm³/mol. The molecule has 3 N–H and O–H groups in total. The van der Waals surface area contributed by atoms with Gasteiger partial charge in [-0.25, -0.2) is 0 Å². The molecular weight excluding hydrogens is 550 g/mol. The van der Waals surface area contributed by atoms with Crippen LogP contribution in [0.3, 0.4) is 0 Å². The molecule has 0 saturated carbocycles. The Balaban J connectivity index is 1.27. The van der Waals surface area contributed by atoms with E-state index in [2.05, 4.69) is 20.5 Å². The monoisotopic (exact) mass is 591 g/mol. The Hall–Kier alpha value is -3.54. The number of rotatable bonds is 2. The molecule has 0 aliphatic carbocycles. The molecule has 5 heterocycles. The molecule has 0 spiro atoms. The number of nitrogens with one attached hydrogen (secondary N) is 2. The van der Waals surface area contributed by atoms with E-state index in [1.54, 1.807) is 25.4 Å². The number of ether oxygens (including phenoxy) is 2. The van der Waals surface area contributed by atoms with Crippen molar-refractivity contribution in [1.29, 1.82) is 0 Å². The van der Waals surface area contributed by atoms with Gasteiger partial charge in [-0.15, -0.1) is 0 Å². The van der Waals surface area contributed by atoms with Gasteiger partial charge in [-0.05, 0) is 67.5 Å². The number of nitrogens with zero attached hydrogens (tertiary/aromatic N) is 3. The second-order valence-corrected chi connectivity index (χ2v) is 12.1. The first kappa shape index (κ1) is 29.5. The third kappa shape index (κ3) is 6.68. The highest BCUT2D eigenvalue weighted by Crippen LogP contribution is 2.31. The number of benzene rings is 1. The van der Waals surface area contributed by atoms with Crippen LogP contribution in [0.25, 0.3) is 11.1 Å². The third-order valence-corrected chi connectivity index (χ3v) is 9.35. The Morgan fingerprint density at radius 3 is 2.58 bits per heavy atom. The molecule has 11 nitrogen and oxygen atoms in total. The van der Waals surface area contributed by atoms with Crippen LogP contribution in [0, 0.1) is 0 Å². The lowest BCUT2D eigenvalue weighted by atomic mass is 9.99. The fourth-order valence-corrected chi connectivity index (χ4v) is 6.92. The van der Waals surface area contributed by atoms with Crippen LogP contribution in [-0.2, 0) is 14.3 Å². The number of aromatic nitrogens is 1. The number of pyridine rings is 1. The zero-order chi connectivity index (χ0) is 29.9. The molecule has 230 valence electrons. The predicted octanol–water partition coefficient (Wildman–Crippen LogP) is 1.74. The molecule has 3 saturated heterocycles. The van der Waals surface area contributed by atoms with E-state index in [0.717, 1.165) is 24.0 Å². The molecule has 4 bridgehead atoms. The minimum absolute atomic E-state index is 0.0639. The van der Waals surface area contributed by atoms with Gasteiger partial charge in [-0.3, -0.25) is 24.3 Å². The van der Waals surface area contributed by atoms with E-state index in [4.69, 9.17) is 9.47 Å². The van der Waals surface area contributed by atoms with E-state index >= 15 is 0 Å². The number of carbonyl (C=O) groups excluding carboxylic acids is 3. The second-order valence-electron chi connectivity index (χ2n) is 12.1. The van der Waals surface area contributed by atoms with Gasteiger partial charge in [-0.1, -0.05) is 6.07 Å². The average Bonchev–Trinajstić information content (AvgIpc) is 3.44. The van der Waals surface area contributed by atoms with Gasteiger partial charge in [0.25, 0.3) is 5.91 Å². The molecule has 5 atom stereocenters. The first-order valence-corrected chi connectivity index (χ1v) is 15.5. The first-order valence-electron chi connectivity index (χ1n) is 15.5. The lowest BCUT2D eigenvalue weighted by molar-refractivity contribution is -0.135. The standard InChI is InChI=1S/C32H41N5O6/c1-20(38)36-13-8-24(9-14-36)37-19-23-17-27(37)32(41)34-18-30-28(39)5-3-25(43-30)10-15-42-29-16-22(21-6-11-33-12-7-21)2-4-26(29)31(40)35-23/h2,4,6-7,11-12,16,23-25,27-28,30,39H,3,5,8-10,13-15,17-19H2,1H3,(H,34,41)(H,35,40)/t23-,25-,27-,28-,30+/m0/s1. The Bertz CT molecular complexity index is 1320. The summed E-state index contributed by atoms with van der Waals surface area (Å²) in [5.41, 5.74) is 2.33. The molecule has 2 aromatic rings.